The van der Waals surface area contributed by atoms with Crippen LogP contribution in [0.25, 0.3) is 5.57 Å². The first-order chi connectivity index (χ1) is 7.95. The molecule has 1 aliphatic heterocycles. The molecule has 1 aromatic rings. The Morgan fingerprint density at radius 3 is 2.24 bits per heavy atom. The fourth-order valence-corrected chi connectivity index (χ4v) is 1.74. The van der Waals surface area contributed by atoms with Gasteiger partial charge in [0.2, 0.25) is 0 Å². The summed E-state index contributed by atoms with van der Waals surface area (Å²) in [5.74, 6) is 0.157. The zero-order chi connectivity index (χ0) is 12.6. The maximum atomic E-state index is 11.7. The third kappa shape index (κ3) is 1.86. The Morgan fingerprint density at radius 2 is 1.82 bits per heavy atom. The van der Waals surface area contributed by atoms with Gasteiger partial charge in [0.15, 0.2) is 11.4 Å². The number of aliphatic hydroxyl groups excluding tert-OH is 1. The van der Waals surface area contributed by atoms with Crippen LogP contribution in [0.1, 0.15) is 19.4 Å². The lowest BCUT2D eigenvalue weighted by molar-refractivity contribution is -0.143. The highest BCUT2D eigenvalue weighted by Crippen LogP contribution is 2.36. The number of carbonyl (C=O) groups excluding carboxylic acids is 1. The van der Waals surface area contributed by atoms with Gasteiger partial charge < -0.3 is 14.6 Å². The number of hydrogen-bond donors (Lipinski definition) is 1. The van der Waals surface area contributed by atoms with E-state index in [0.717, 1.165) is 0 Å². The first-order valence-electron chi connectivity index (χ1n) is 5.27. The van der Waals surface area contributed by atoms with Gasteiger partial charge in [-0.3, -0.25) is 0 Å². The molecular weight excluding hydrogens is 220 g/mol. The SMILES string of the molecule is COc1ccc(C2=C(O)C(C)(C)OC2=O)cc1. The highest BCUT2D eigenvalue weighted by atomic mass is 16.6. The Bertz CT molecular complexity index is 483. The molecule has 0 radical (unpaired) electrons. The predicted octanol–water partition coefficient (Wildman–Crippen LogP) is 2.30. The highest BCUT2D eigenvalue weighted by molar-refractivity contribution is 6.19. The van der Waals surface area contributed by atoms with Crippen molar-refractivity contribution in [3.05, 3.63) is 35.6 Å². The smallest absolute Gasteiger partial charge is 0.343 e. The number of cyclic esters (lactones) is 1. The van der Waals surface area contributed by atoms with Gasteiger partial charge in [0.25, 0.3) is 0 Å². The standard InChI is InChI=1S/C13H14O4/c1-13(2)11(14)10(12(15)17-13)8-4-6-9(16-3)7-5-8/h4-7,14H,1-3H3. The lowest BCUT2D eigenvalue weighted by atomic mass is 10.00. The van der Waals surface area contributed by atoms with Gasteiger partial charge in [-0.15, -0.1) is 0 Å². The summed E-state index contributed by atoms with van der Waals surface area (Å²) >= 11 is 0. The first kappa shape index (κ1) is 11.5. The molecule has 0 aliphatic carbocycles. The quantitative estimate of drug-likeness (QED) is 0.798. The second kappa shape index (κ2) is 3.80. The third-order valence-electron chi connectivity index (χ3n) is 2.74. The average Bonchev–Trinajstić information content (AvgIpc) is 2.49. The molecule has 1 N–H and O–H groups in total. The molecule has 0 aromatic heterocycles. The van der Waals surface area contributed by atoms with Gasteiger partial charge in [0, 0.05) is 0 Å². The van der Waals surface area contributed by atoms with Crippen LogP contribution >= 0.6 is 0 Å². The van der Waals surface area contributed by atoms with E-state index < -0.39 is 11.6 Å². The van der Waals surface area contributed by atoms with E-state index in [4.69, 9.17) is 9.47 Å². The molecule has 90 valence electrons. The van der Waals surface area contributed by atoms with Gasteiger partial charge in [0.1, 0.15) is 11.3 Å². The largest absolute Gasteiger partial charge is 0.507 e. The number of benzene rings is 1. The van der Waals surface area contributed by atoms with Crippen molar-refractivity contribution in [3.63, 3.8) is 0 Å². The number of rotatable bonds is 2. The highest BCUT2D eigenvalue weighted by Gasteiger charge is 2.41. The zero-order valence-corrected chi connectivity index (χ0v) is 9.98. The Morgan fingerprint density at radius 1 is 1.24 bits per heavy atom. The Kier molecular flexibility index (Phi) is 2.58. The number of esters is 1. The van der Waals surface area contributed by atoms with Crippen LogP contribution in [0.5, 0.6) is 5.75 Å². The summed E-state index contributed by atoms with van der Waals surface area (Å²) in [6.45, 7) is 3.30. The molecule has 1 aromatic carbocycles. The summed E-state index contributed by atoms with van der Waals surface area (Å²) in [6.07, 6.45) is 0. The molecule has 2 rings (SSSR count). The molecule has 0 saturated carbocycles. The van der Waals surface area contributed by atoms with Gasteiger partial charge in [-0.2, -0.15) is 0 Å². The lowest BCUT2D eigenvalue weighted by Gasteiger charge is -2.16. The maximum absolute atomic E-state index is 11.7. The van der Waals surface area contributed by atoms with Crippen LogP contribution in [0, 0.1) is 0 Å². The lowest BCUT2D eigenvalue weighted by Crippen LogP contribution is -2.22. The summed E-state index contributed by atoms with van der Waals surface area (Å²) < 4.78 is 10.1. The van der Waals surface area contributed by atoms with E-state index in [1.54, 1.807) is 45.2 Å². The van der Waals surface area contributed by atoms with E-state index >= 15 is 0 Å². The Labute approximate surface area is 99.5 Å². The van der Waals surface area contributed by atoms with Crippen molar-refractivity contribution in [2.75, 3.05) is 7.11 Å². The maximum Gasteiger partial charge on any atom is 0.343 e. The average molecular weight is 234 g/mol. The van der Waals surface area contributed by atoms with Gasteiger partial charge in [-0.25, -0.2) is 4.79 Å². The van der Waals surface area contributed by atoms with Crippen LogP contribution in [-0.4, -0.2) is 23.8 Å². The second-order valence-corrected chi connectivity index (χ2v) is 4.35. The van der Waals surface area contributed by atoms with Crippen molar-refractivity contribution >= 4 is 11.5 Å². The molecule has 0 saturated heterocycles. The summed E-state index contributed by atoms with van der Waals surface area (Å²) in [7, 11) is 1.57. The van der Waals surface area contributed by atoms with E-state index in [1.165, 1.54) is 0 Å². The van der Waals surface area contributed by atoms with Crippen molar-refractivity contribution in [1.82, 2.24) is 0 Å². The normalized spacial score (nSPS) is 18.2. The van der Waals surface area contributed by atoms with E-state index in [9.17, 15) is 9.90 Å². The van der Waals surface area contributed by atoms with E-state index in [0.29, 0.717) is 11.3 Å². The number of hydrogen-bond acceptors (Lipinski definition) is 4. The zero-order valence-electron chi connectivity index (χ0n) is 9.98. The number of aliphatic hydroxyl groups is 1. The monoisotopic (exact) mass is 234 g/mol. The van der Waals surface area contributed by atoms with E-state index in [-0.39, 0.29) is 11.3 Å². The molecule has 17 heavy (non-hydrogen) atoms. The van der Waals surface area contributed by atoms with Crippen LogP contribution in [0.3, 0.4) is 0 Å². The molecule has 1 aliphatic rings. The molecular formula is C13H14O4. The molecule has 4 nitrogen and oxygen atoms in total. The van der Waals surface area contributed by atoms with Crippen molar-refractivity contribution in [2.24, 2.45) is 0 Å². The van der Waals surface area contributed by atoms with Gasteiger partial charge in [-0.05, 0) is 31.5 Å². The van der Waals surface area contributed by atoms with Crippen molar-refractivity contribution in [3.8, 4) is 5.75 Å². The van der Waals surface area contributed by atoms with Crippen LogP contribution in [-0.2, 0) is 9.53 Å². The molecule has 0 spiro atoms. The van der Waals surface area contributed by atoms with Crippen LogP contribution in [0.15, 0.2) is 30.0 Å². The molecule has 0 bridgehead atoms. The minimum atomic E-state index is -0.952. The number of carbonyl (C=O) groups is 1. The molecule has 0 fully saturated rings. The van der Waals surface area contributed by atoms with Crippen molar-refractivity contribution < 1.29 is 19.4 Å². The summed E-state index contributed by atoms with van der Waals surface area (Å²) in [4.78, 5) is 11.7. The van der Waals surface area contributed by atoms with Gasteiger partial charge in [-0.1, -0.05) is 12.1 Å². The third-order valence-corrected chi connectivity index (χ3v) is 2.74. The fraction of sp³-hybridized carbons (Fsp3) is 0.308. The van der Waals surface area contributed by atoms with Gasteiger partial charge in [0.05, 0.1) is 7.11 Å². The molecule has 0 atom stereocenters. The summed E-state index contributed by atoms with van der Waals surface area (Å²) in [6, 6.07) is 6.89. The minimum Gasteiger partial charge on any atom is -0.507 e. The number of ether oxygens (including phenoxy) is 2. The number of methoxy groups -OCH3 is 1. The summed E-state index contributed by atoms with van der Waals surface area (Å²) in [5, 5.41) is 9.97. The predicted molar refractivity (Wildman–Crippen MR) is 62.7 cm³/mol. The second-order valence-electron chi connectivity index (χ2n) is 4.35. The van der Waals surface area contributed by atoms with E-state index in [1.807, 2.05) is 0 Å². The minimum absolute atomic E-state index is 0.0346. The summed E-state index contributed by atoms with van der Waals surface area (Å²) in [5.41, 5.74) is -0.108. The first-order valence-corrected chi connectivity index (χ1v) is 5.27. The molecule has 0 unspecified atom stereocenters. The van der Waals surface area contributed by atoms with E-state index in [2.05, 4.69) is 0 Å². The Hall–Kier alpha value is -1.97. The van der Waals surface area contributed by atoms with Crippen molar-refractivity contribution in [1.29, 1.82) is 0 Å². The molecule has 4 heteroatoms. The van der Waals surface area contributed by atoms with Crippen LogP contribution < -0.4 is 4.74 Å². The van der Waals surface area contributed by atoms with Gasteiger partial charge >= 0.3 is 5.97 Å². The Balaban J connectivity index is 2.45. The van der Waals surface area contributed by atoms with Crippen molar-refractivity contribution in [2.45, 2.75) is 19.4 Å². The van der Waals surface area contributed by atoms with Crippen LogP contribution in [0.4, 0.5) is 0 Å². The topological polar surface area (TPSA) is 55.8 Å². The fourth-order valence-electron chi connectivity index (χ4n) is 1.74. The van der Waals surface area contributed by atoms with Crippen LogP contribution in [0.2, 0.25) is 0 Å². The molecule has 1 heterocycles. The molecule has 0 amide bonds.